The first-order valence-corrected chi connectivity index (χ1v) is 6.19. The Kier molecular flexibility index (Phi) is 4.58. The van der Waals surface area contributed by atoms with Crippen LogP contribution < -0.4 is 10.1 Å². The molecular formula is C15H13N5O. The van der Waals surface area contributed by atoms with Crippen LogP contribution in [0.1, 0.15) is 5.69 Å². The highest BCUT2D eigenvalue weighted by Crippen LogP contribution is 2.17. The third kappa shape index (κ3) is 3.85. The molecule has 1 N–H and O–H groups in total. The number of hydrogen-bond donors (Lipinski definition) is 1. The Balaban J connectivity index is 1.94. The lowest BCUT2D eigenvalue weighted by molar-refractivity contribution is 0.295. The van der Waals surface area contributed by atoms with Gasteiger partial charge in [0.25, 0.3) is 0 Å². The van der Waals surface area contributed by atoms with Crippen LogP contribution in [0.15, 0.2) is 48.3 Å². The van der Waals surface area contributed by atoms with Crippen LogP contribution in [-0.2, 0) is 13.7 Å². The van der Waals surface area contributed by atoms with Gasteiger partial charge in [0, 0.05) is 25.1 Å². The number of hydrogen-bond acceptors (Lipinski definition) is 5. The van der Waals surface area contributed by atoms with Crippen LogP contribution >= 0.6 is 0 Å². The van der Waals surface area contributed by atoms with E-state index in [1.807, 2.05) is 25.2 Å². The molecule has 21 heavy (non-hydrogen) atoms. The molecule has 0 bridgehead atoms. The van der Waals surface area contributed by atoms with E-state index in [0.717, 1.165) is 17.1 Å². The number of aromatic nitrogens is 2. The van der Waals surface area contributed by atoms with Crippen molar-refractivity contribution in [3.05, 3.63) is 54.0 Å². The van der Waals surface area contributed by atoms with E-state index in [-0.39, 0.29) is 5.57 Å². The second-order valence-electron chi connectivity index (χ2n) is 4.19. The zero-order chi connectivity index (χ0) is 15.1. The summed E-state index contributed by atoms with van der Waals surface area (Å²) in [5.74, 6) is 0.728. The topological polar surface area (TPSA) is 86.7 Å². The van der Waals surface area contributed by atoms with Crippen LogP contribution in [0.3, 0.4) is 0 Å². The van der Waals surface area contributed by atoms with Crippen LogP contribution in [-0.4, -0.2) is 9.78 Å². The molecule has 0 aliphatic carbocycles. The smallest absolute Gasteiger partial charge is 0.145 e. The number of allylic oxidation sites excluding steroid dienone is 1. The monoisotopic (exact) mass is 279 g/mol. The van der Waals surface area contributed by atoms with Crippen LogP contribution in [0, 0.1) is 22.7 Å². The van der Waals surface area contributed by atoms with Gasteiger partial charge in [0.1, 0.15) is 30.1 Å². The second kappa shape index (κ2) is 6.78. The Morgan fingerprint density at radius 1 is 1.29 bits per heavy atom. The number of nitriles is 2. The highest BCUT2D eigenvalue weighted by atomic mass is 16.5. The van der Waals surface area contributed by atoms with Gasteiger partial charge in [0.15, 0.2) is 0 Å². The minimum Gasteiger partial charge on any atom is -0.487 e. The van der Waals surface area contributed by atoms with Crippen molar-refractivity contribution in [2.45, 2.75) is 6.61 Å². The molecule has 1 heterocycles. The molecule has 104 valence electrons. The average molecular weight is 279 g/mol. The van der Waals surface area contributed by atoms with E-state index >= 15 is 0 Å². The highest BCUT2D eigenvalue weighted by Gasteiger charge is 2.00. The number of aryl methyl sites for hydroxylation is 1. The third-order valence-corrected chi connectivity index (χ3v) is 2.79. The van der Waals surface area contributed by atoms with Crippen LogP contribution in [0.5, 0.6) is 5.75 Å². The largest absolute Gasteiger partial charge is 0.487 e. The maximum atomic E-state index is 8.62. The van der Waals surface area contributed by atoms with Crippen molar-refractivity contribution in [1.82, 2.24) is 9.78 Å². The molecule has 0 amide bonds. The van der Waals surface area contributed by atoms with Gasteiger partial charge in [-0.15, -0.1) is 0 Å². The molecule has 0 atom stereocenters. The molecule has 0 spiro atoms. The van der Waals surface area contributed by atoms with Crippen molar-refractivity contribution in [1.29, 1.82) is 10.5 Å². The van der Waals surface area contributed by atoms with Crippen molar-refractivity contribution in [3.8, 4) is 17.9 Å². The van der Waals surface area contributed by atoms with E-state index in [4.69, 9.17) is 15.3 Å². The van der Waals surface area contributed by atoms with Gasteiger partial charge in [0.05, 0.1) is 5.69 Å². The first-order valence-electron chi connectivity index (χ1n) is 6.19. The molecule has 0 saturated heterocycles. The predicted octanol–water partition coefficient (Wildman–Crippen LogP) is 2.34. The van der Waals surface area contributed by atoms with Crippen LogP contribution in [0.2, 0.25) is 0 Å². The van der Waals surface area contributed by atoms with E-state index in [2.05, 4.69) is 10.4 Å². The van der Waals surface area contributed by atoms with Gasteiger partial charge in [-0.2, -0.15) is 15.6 Å². The maximum absolute atomic E-state index is 8.62. The van der Waals surface area contributed by atoms with Gasteiger partial charge < -0.3 is 10.1 Å². The lowest BCUT2D eigenvalue weighted by Gasteiger charge is -2.07. The lowest BCUT2D eigenvalue weighted by atomic mass is 10.3. The molecule has 1 aromatic heterocycles. The fraction of sp³-hybridized carbons (Fsp3) is 0.133. The molecule has 1 aromatic carbocycles. The molecule has 0 saturated carbocycles. The predicted molar refractivity (Wildman–Crippen MR) is 76.9 cm³/mol. The first kappa shape index (κ1) is 14.2. The molecule has 0 aliphatic rings. The Morgan fingerprint density at radius 3 is 2.57 bits per heavy atom. The quantitative estimate of drug-likeness (QED) is 0.849. The molecule has 2 rings (SSSR count). The molecular weight excluding hydrogens is 266 g/mol. The number of benzene rings is 1. The van der Waals surface area contributed by atoms with E-state index in [1.165, 1.54) is 6.20 Å². The summed E-state index contributed by atoms with van der Waals surface area (Å²) in [4.78, 5) is 0. The number of anilines is 1. The fourth-order valence-electron chi connectivity index (χ4n) is 1.59. The van der Waals surface area contributed by atoms with Crippen molar-refractivity contribution in [2.75, 3.05) is 5.32 Å². The summed E-state index contributed by atoms with van der Waals surface area (Å²) in [5.41, 5.74) is 1.77. The molecule has 0 radical (unpaired) electrons. The molecule has 0 unspecified atom stereocenters. The average Bonchev–Trinajstić information content (AvgIpc) is 2.93. The van der Waals surface area contributed by atoms with Crippen molar-refractivity contribution >= 4 is 5.69 Å². The van der Waals surface area contributed by atoms with E-state index in [9.17, 15) is 0 Å². The van der Waals surface area contributed by atoms with E-state index < -0.39 is 0 Å². The number of nitrogens with zero attached hydrogens (tertiary/aromatic N) is 4. The minimum atomic E-state index is 0.0199. The molecule has 6 nitrogen and oxygen atoms in total. The maximum Gasteiger partial charge on any atom is 0.145 e. The van der Waals surface area contributed by atoms with E-state index in [1.54, 1.807) is 35.1 Å². The second-order valence-corrected chi connectivity index (χ2v) is 4.19. The molecule has 0 aliphatic heterocycles. The van der Waals surface area contributed by atoms with E-state index in [0.29, 0.717) is 6.61 Å². The van der Waals surface area contributed by atoms with Gasteiger partial charge in [-0.05, 0) is 30.3 Å². The summed E-state index contributed by atoms with van der Waals surface area (Å²) in [5, 5.41) is 24.2. The fourth-order valence-corrected chi connectivity index (χ4v) is 1.59. The standard InChI is InChI=1S/C15H13N5O/c1-20-14(6-7-19-20)11-21-15-4-2-13(3-5-15)18-10-12(8-16)9-17/h2-7,10,18H,11H2,1H3. The number of ether oxygens (including phenoxy) is 1. The lowest BCUT2D eigenvalue weighted by Crippen LogP contribution is -2.02. The number of rotatable bonds is 5. The van der Waals surface area contributed by atoms with Crippen molar-refractivity contribution < 1.29 is 4.74 Å². The Hall–Kier alpha value is -3.25. The first-order chi connectivity index (χ1) is 10.2. The zero-order valence-electron chi connectivity index (χ0n) is 11.4. The summed E-state index contributed by atoms with van der Waals surface area (Å²) in [6, 6.07) is 12.7. The van der Waals surface area contributed by atoms with Gasteiger partial charge in [-0.1, -0.05) is 0 Å². The van der Waals surface area contributed by atoms with Gasteiger partial charge in [-0.25, -0.2) is 0 Å². The number of nitrogens with one attached hydrogen (secondary N) is 1. The summed E-state index contributed by atoms with van der Waals surface area (Å²) < 4.78 is 7.40. The summed E-state index contributed by atoms with van der Waals surface area (Å²) in [6.45, 7) is 0.441. The highest BCUT2D eigenvalue weighted by molar-refractivity contribution is 5.51. The zero-order valence-corrected chi connectivity index (χ0v) is 11.4. The van der Waals surface area contributed by atoms with Crippen LogP contribution in [0.4, 0.5) is 5.69 Å². The van der Waals surface area contributed by atoms with Gasteiger partial charge in [0.2, 0.25) is 0 Å². The Labute approximate surface area is 122 Å². The summed E-state index contributed by atoms with van der Waals surface area (Å²) in [7, 11) is 1.86. The molecule has 2 aromatic rings. The van der Waals surface area contributed by atoms with Crippen molar-refractivity contribution in [3.63, 3.8) is 0 Å². The normalized spacial score (nSPS) is 9.29. The SMILES string of the molecule is Cn1nccc1COc1ccc(NC=C(C#N)C#N)cc1. The Morgan fingerprint density at radius 2 is 2.00 bits per heavy atom. The van der Waals surface area contributed by atoms with Gasteiger partial charge in [-0.3, -0.25) is 4.68 Å². The Bertz CT molecular complexity index is 700. The van der Waals surface area contributed by atoms with Crippen LogP contribution in [0.25, 0.3) is 0 Å². The summed E-state index contributed by atoms with van der Waals surface area (Å²) >= 11 is 0. The van der Waals surface area contributed by atoms with Crippen molar-refractivity contribution in [2.24, 2.45) is 7.05 Å². The molecule has 6 heteroatoms. The third-order valence-electron chi connectivity index (χ3n) is 2.79. The minimum absolute atomic E-state index is 0.0199. The summed E-state index contributed by atoms with van der Waals surface area (Å²) in [6.07, 6.45) is 3.09. The molecule has 0 fully saturated rings. The van der Waals surface area contributed by atoms with Gasteiger partial charge >= 0.3 is 0 Å².